The summed E-state index contributed by atoms with van der Waals surface area (Å²) < 4.78 is 44.1. The number of anilines is 1. The number of nitrogens with one attached hydrogen (secondary N) is 1. The van der Waals surface area contributed by atoms with Gasteiger partial charge in [0.2, 0.25) is 11.8 Å². The molecule has 7 nitrogen and oxygen atoms in total. The third-order valence-electron chi connectivity index (χ3n) is 7.38. The molecular formula is C35H37ClFN3O4S. The van der Waals surface area contributed by atoms with Gasteiger partial charge in [-0.25, -0.2) is 12.8 Å². The molecule has 0 saturated heterocycles. The normalized spacial score (nSPS) is 11.9. The summed E-state index contributed by atoms with van der Waals surface area (Å²) in [7, 11) is -4.27. The number of nitrogens with zero attached hydrogens (tertiary/aromatic N) is 2. The van der Waals surface area contributed by atoms with Crippen molar-refractivity contribution in [2.45, 2.75) is 50.6 Å². The highest BCUT2D eigenvalue weighted by molar-refractivity contribution is 7.92. The molecule has 0 aromatic heterocycles. The minimum Gasteiger partial charge on any atom is -0.354 e. The molecular weight excluding hydrogens is 613 g/mol. The zero-order valence-electron chi connectivity index (χ0n) is 25.3. The molecule has 2 amide bonds. The van der Waals surface area contributed by atoms with E-state index in [9.17, 15) is 18.0 Å². The van der Waals surface area contributed by atoms with Gasteiger partial charge in [-0.15, -0.1) is 0 Å². The number of sulfonamides is 1. The molecule has 1 unspecified atom stereocenters. The smallest absolute Gasteiger partial charge is 0.264 e. The van der Waals surface area contributed by atoms with Gasteiger partial charge in [0.05, 0.1) is 10.6 Å². The van der Waals surface area contributed by atoms with E-state index in [4.69, 9.17) is 11.6 Å². The number of unbranched alkanes of at least 4 members (excludes halogenated alkanes) is 1. The summed E-state index contributed by atoms with van der Waals surface area (Å²) in [5.74, 6) is -1.63. The second-order valence-electron chi connectivity index (χ2n) is 10.8. The van der Waals surface area contributed by atoms with Crippen LogP contribution in [0.5, 0.6) is 0 Å². The lowest BCUT2D eigenvalue weighted by Crippen LogP contribution is -2.53. The van der Waals surface area contributed by atoms with E-state index in [0.29, 0.717) is 6.54 Å². The van der Waals surface area contributed by atoms with Crippen LogP contribution in [0.4, 0.5) is 10.1 Å². The van der Waals surface area contributed by atoms with Crippen molar-refractivity contribution in [3.05, 3.63) is 131 Å². The number of rotatable bonds is 14. The molecule has 0 saturated carbocycles. The Kier molecular flexibility index (Phi) is 11.7. The third-order valence-corrected chi connectivity index (χ3v) is 9.41. The van der Waals surface area contributed by atoms with Crippen LogP contribution >= 0.6 is 11.6 Å². The number of carbonyl (C=O) groups is 2. The quantitative estimate of drug-likeness (QED) is 0.157. The van der Waals surface area contributed by atoms with Crippen LogP contribution in [0.25, 0.3) is 0 Å². The zero-order chi connectivity index (χ0) is 32.4. The molecule has 0 aliphatic carbocycles. The number of benzene rings is 4. The molecule has 1 atom stereocenters. The van der Waals surface area contributed by atoms with E-state index in [1.54, 1.807) is 48.5 Å². The summed E-state index contributed by atoms with van der Waals surface area (Å²) in [4.78, 5) is 29.4. The molecule has 0 heterocycles. The fourth-order valence-electron chi connectivity index (χ4n) is 4.87. The fraction of sp³-hybridized carbons (Fsp3) is 0.257. The van der Waals surface area contributed by atoms with Crippen molar-refractivity contribution in [2.24, 2.45) is 0 Å². The molecule has 4 aromatic rings. The molecule has 10 heteroatoms. The van der Waals surface area contributed by atoms with Crippen molar-refractivity contribution in [2.75, 3.05) is 17.4 Å². The van der Waals surface area contributed by atoms with E-state index < -0.39 is 40.2 Å². The predicted octanol–water partition coefficient (Wildman–Crippen LogP) is 6.54. The van der Waals surface area contributed by atoms with Gasteiger partial charge >= 0.3 is 0 Å². The van der Waals surface area contributed by atoms with E-state index >= 15 is 4.39 Å². The summed E-state index contributed by atoms with van der Waals surface area (Å²) in [6.07, 6.45) is 1.73. The molecule has 0 bridgehead atoms. The summed E-state index contributed by atoms with van der Waals surface area (Å²) in [5, 5.41) is 3.20. The van der Waals surface area contributed by atoms with Crippen molar-refractivity contribution >= 4 is 39.1 Å². The molecule has 45 heavy (non-hydrogen) atoms. The molecule has 0 spiro atoms. The minimum absolute atomic E-state index is 0.0142. The Morgan fingerprint density at radius 2 is 1.60 bits per heavy atom. The first kappa shape index (κ1) is 33.7. The number of hydrogen-bond acceptors (Lipinski definition) is 4. The highest BCUT2D eigenvalue weighted by Gasteiger charge is 2.35. The SMILES string of the molecule is CCCCNC(=O)C(Cc1ccccc1)N(Cc1ccccc1F)C(=O)CN(c1cccc(Cl)c1)S(=O)(=O)c1ccc(C)cc1. The van der Waals surface area contributed by atoms with Crippen molar-refractivity contribution in [1.82, 2.24) is 10.2 Å². The van der Waals surface area contributed by atoms with Gasteiger partial charge in [0.25, 0.3) is 10.0 Å². The second kappa shape index (κ2) is 15.7. The Morgan fingerprint density at radius 3 is 2.27 bits per heavy atom. The molecule has 4 rings (SSSR count). The fourth-order valence-corrected chi connectivity index (χ4v) is 6.46. The molecule has 0 radical (unpaired) electrons. The van der Waals surface area contributed by atoms with Gasteiger partial charge in [-0.1, -0.05) is 97.2 Å². The molecule has 0 aliphatic heterocycles. The largest absolute Gasteiger partial charge is 0.354 e. The molecule has 236 valence electrons. The monoisotopic (exact) mass is 649 g/mol. The van der Waals surface area contributed by atoms with Crippen LogP contribution in [0.1, 0.15) is 36.5 Å². The maximum atomic E-state index is 15.0. The second-order valence-corrected chi connectivity index (χ2v) is 13.1. The lowest BCUT2D eigenvalue weighted by Gasteiger charge is -2.34. The topological polar surface area (TPSA) is 86.8 Å². The number of amides is 2. The van der Waals surface area contributed by atoms with Crippen LogP contribution in [0.2, 0.25) is 5.02 Å². The number of halogens is 2. The molecule has 0 aliphatic rings. The highest BCUT2D eigenvalue weighted by atomic mass is 35.5. The first-order valence-corrected chi connectivity index (χ1v) is 16.6. The van der Waals surface area contributed by atoms with E-state index in [2.05, 4.69) is 5.32 Å². The first-order chi connectivity index (χ1) is 21.6. The van der Waals surface area contributed by atoms with Gasteiger partial charge in [0.15, 0.2) is 0 Å². The average molecular weight is 650 g/mol. The summed E-state index contributed by atoms with van der Waals surface area (Å²) in [6, 6.07) is 26.7. The standard InChI is InChI=1S/C35H37ClFN3O4S/c1-3-4-21-38-35(42)33(22-27-11-6-5-7-12-27)39(24-28-13-8-9-16-32(28)37)34(41)25-40(30-15-10-14-29(36)23-30)45(43,44)31-19-17-26(2)18-20-31/h5-20,23,33H,3-4,21-22,24-25H2,1-2H3,(H,38,42). The lowest BCUT2D eigenvalue weighted by atomic mass is 10.0. The summed E-state index contributed by atoms with van der Waals surface area (Å²) in [5.41, 5.74) is 2.03. The van der Waals surface area contributed by atoms with Crippen molar-refractivity contribution < 1.29 is 22.4 Å². The molecule has 0 fully saturated rings. The van der Waals surface area contributed by atoms with Crippen molar-refractivity contribution in [3.8, 4) is 0 Å². The molecule has 4 aromatic carbocycles. The van der Waals surface area contributed by atoms with E-state index in [1.165, 1.54) is 29.2 Å². The molecule has 1 N–H and O–H groups in total. The van der Waals surface area contributed by atoms with E-state index in [1.807, 2.05) is 44.2 Å². The van der Waals surface area contributed by atoms with Gasteiger partial charge in [-0.3, -0.25) is 13.9 Å². The predicted molar refractivity (Wildman–Crippen MR) is 176 cm³/mol. The Hall–Kier alpha value is -4.21. The lowest BCUT2D eigenvalue weighted by molar-refractivity contribution is -0.140. The van der Waals surface area contributed by atoms with Crippen LogP contribution in [0.3, 0.4) is 0 Å². The number of carbonyl (C=O) groups excluding carboxylic acids is 2. The minimum atomic E-state index is -4.27. The van der Waals surface area contributed by atoms with Crippen molar-refractivity contribution in [3.63, 3.8) is 0 Å². The average Bonchev–Trinajstić information content (AvgIpc) is 3.03. The highest BCUT2D eigenvalue weighted by Crippen LogP contribution is 2.27. The Labute approximate surface area is 269 Å². The van der Waals surface area contributed by atoms with Crippen molar-refractivity contribution in [1.29, 1.82) is 0 Å². The first-order valence-electron chi connectivity index (χ1n) is 14.8. The maximum Gasteiger partial charge on any atom is 0.264 e. The number of hydrogen-bond donors (Lipinski definition) is 1. The van der Waals surface area contributed by atoms with Crippen LogP contribution in [-0.2, 0) is 32.6 Å². The van der Waals surface area contributed by atoms with Gasteiger partial charge in [0, 0.05) is 30.1 Å². The van der Waals surface area contributed by atoms with Gasteiger partial charge in [-0.2, -0.15) is 0 Å². The van der Waals surface area contributed by atoms with Gasteiger partial charge in [0.1, 0.15) is 18.4 Å². The number of aryl methyl sites for hydroxylation is 1. The zero-order valence-corrected chi connectivity index (χ0v) is 26.9. The Balaban J connectivity index is 1.80. The maximum absolute atomic E-state index is 15.0. The van der Waals surface area contributed by atoms with Gasteiger partial charge < -0.3 is 10.2 Å². The van der Waals surface area contributed by atoms with Crippen LogP contribution in [0.15, 0.2) is 108 Å². The Bertz CT molecular complexity index is 1700. The van der Waals surface area contributed by atoms with Crippen LogP contribution < -0.4 is 9.62 Å². The van der Waals surface area contributed by atoms with Crippen LogP contribution in [-0.4, -0.2) is 44.3 Å². The van der Waals surface area contributed by atoms with Crippen LogP contribution in [0, 0.1) is 12.7 Å². The summed E-state index contributed by atoms with van der Waals surface area (Å²) >= 11 is 6.26. The van der Waals surface area contributed by atoms with Gasteiger partial charge in [-0.05, 0) is 55.3 Å². The third kappa shape index (κ3) is 8.93. The summed E-state index contributed by atoms with van der Waals surface area (Å²) in [6.45, 7) is 3.34. The van der Waals surface area contributed by atoms with E-state index in [0.717, 1.165) is 28.3 Å². The Morgan fingerprint density at radius 1 is 0.911 bits per heavy atom. The van der Waals surface area contributed by atoms with E-state index in [-0.39, 0.29) is 34.1 Å².